The summed E-state index contributed by atoms with van der Waals surface area (Å²) >= 11 is 0. The molecule has 0 radical (unpaired) electrons. The van der Waals surface area contributed by atoms with E-state index in [2.05, 4.69) is 31.6 Å². The number of hydrogen-bond donors (Lipinski definition) is 2. The van der Waals surface area contributed by atoms with E-state index in [1.807, 2.05) is 12.1 Å². The number of carbonyl (C=O) groups excluding carboxylic acids is 2. The maximum Gasteiger partial charge on any atom is 0.269 e. The number of hydrogen-bond acceptors (Lipinski definition) is 2. The normalized spacial score (nSPS) is 25.5. The summed E-state index contributed by atoms with van der Waals surface area (Å²) in [5, 5.41) is 0. The van der Waals surface area contributed by atoms with Crippen molar-refractivity contribution in [2.24, 2.45) is 17.8 Å². The lowest BCUT2D eigenvalue weighted by molar-refractivity contribution is -0.123. The quantitative estimate of drug-likeness (QED) is 0.833. The van der Waals surface area contributed by atoms with Crippen molar-refractivity contribution in [1.82, 2.24) is 10.9 Å². The molecule has 4 nitrogen and oxygen atoms in total. The lowest BCUT2D eigenvalue weighted by Crippen LogP contribution is -2.42. The molecule has 0 aromatic heterocycles. The number of nitrogens with one attached hydrogen (secondary N) is 2. The lowest BCUT2D eigenvalue weighted by Gasteiger charge is -2.21. The molecule has 0 aliphatic heterocycles. The van der Waals surface area contributed by atoms with Gasteiger partial charge in [-0.05, 0) is 60.1 Å². The zero-order valence-corrected chi connectivity index (χ0v) is 14.9. The monoisotopic (exact) mass is 328 g/mol. The predicted octanol–water partition coefficient (Wildman–Crippen LogP) is 3.57. The number of hydrazine groups is 1. The molecule has 0 heterocycles. The van der Waals surface area contributed by atoms with Crippen LogP contribution in [0.2, 0.25) is 0 Å². The first-order valence-corrected chi connectivity index (χ1v) is 9.02. The van der Waals surface area contributed by atoms with Crippen molar-refractivity contribution in [3.8, 4) is 0 Å². The predicted molar refractivity (Wildman–Crippen MR) is 94.3 cm³/mol. The smallest absolute Gasteiger partial charge is 0.269 e. The third kappa shape index (κ3) is 3.80. The summed E-state index contributed by atoms with van der Waals surface area (Å²) in [7, 11) is 0. The average Bonchev–Trinajstić information content (AvgIpc) is 3.14. The van der Waals surface area contributed by atoms with Gasteiger partial charge in [0.15, 0.2) is 0 Å². The van der Waals surface area contributed by atoms with E-state index in [9.17, 15) is 9.59 Å². The van der Waals surface area contributed by atoms with Gasteiger partial charge >= 0.3 is 0 Å². The molecule has 1 aromatic rings. The number of fused-ring (bicyclic) bond motifs is 2. The molecule has 0 spiro atoms. The minimum atomic E-state index is -0.267. The second-order valence-electron chi connectivity index (χ2n) is 8.47. The molecule has 3 atom stereocenters. The fourth-order valence-electron chi connectivity index (χ4n) is 4.24. The second kappa shape index (κ2) is 6.58. The van der Waals surface area contributed by atoms with Gasteiger partial charge < -0.3 is 0 Å². The molecule has 4 heteroatoms. The summed E-state index contributed by atoms with van der Waals surface area (Å²) in [6, 6.07) is 7.54. The van der Waals surface area contributed by atoms with Gasteiger partial charge in [0.1, 0.15) is 0 Å². The molecule has 3 rings (SSSR count). The van der Waals surface area contributed by atoms with Crippen LogP contribution in [0.5, 0.6) is 0 Å². The van der Waals surface area contributed by atoms with Crippen LogP contribution in [0.15, 0.2) is 24.3 Å². The molecular weight excluding hydrogens is 300 g/mol. The Balaban J connectivity index is 1.47. The van der Waals surface area contributed by atoms with Crippen molar-refractivity contribution in [2.75, 3.05) is 0 Å². The van der Waals surface area contributed by atoms with Crippen LogP contribution in [0.25, 0.3) is 0 Å². The van der Waals surface area contributed by atoms with Gasteiger partial charge in [0.05, 0.1) is 0 Å². The molecule has 2 amide bonds. The number of rotatable bonds is 3. The first kappa shape index (κ1) is 17.0. The third-order valence-corrected chi connectivity index (χ3v) is 5.66. The van der Waals surface area contributed by atoms with Crippen molar-refractivity contribution in [3.05, 3.63) is 35.4 Å². The topological polar surface area (TPSA) is 58.2 Å². The molecule has 0 saturated heterocycles. The Morgan fingerprint density at radius 1 is 1.04 bits per heavy atom. The Bertz CT molecular complexity index is 616. The van der Waals surface area contributed by atoms with Crippen LogP contribution in [0.3, 0.4) is 0 Å². The van der Waals surface area contributed by atoms with E-state index in [1.165, 1.54) is 31.2 Å². The van der Waals surface area contributed by atoms with Crippen molar-refractivity contribution >= 4 is 11.8 Å². The summed E-state index contributed by atoms with van der Waals surface area (Å²) in [4.78, 5) is 24.2. The van der Waals surface area contributed by atoms with Gasteiger partial charge in [-0.1, -0.05) is 39.3 Å². The van der Waals surface area contributed by atoms with E-state index >= 15 is 0 Å². The van der Waals surface area contributed by atoms with Gasteiger partial charge in [-0.2, -0.15) is 0 Å². The van der Waals surface area contributed by atoms with Gasteiger partial charge in [0.25, 0.3) is 5.91 Å². The van der Waals surface area contributed by atoms with E-state index in [-0.39, 0.29) is 17.2 Å². The highest BCUT2D eigenvalue weighted by molar-refractivity contribution is 5.95. The fourth-order valence-corrected chi connectivity index (χ4v) is 4.24. The summed E-state index contributed by atoms with van der Waals surface area (Å²) in [5.41, 5.74) is 6.91. The largest absolute Gasteiger partial charge is 0.273 e. The highest BCUT2D eigenvalue weighted by Gasteiger charge is 2.40. The molecule has 2 N–H and O–H groups in total. The van der Waals surface area contributed by atoms with Crippen molar-refractivity contribution in [3.63, 3.8) is 0 Å². The molecule has 0 unspecified atom stereocenters. The molecular formula is C20H28N2O2. The van der Waals surface area contributed by atoms with Crippen LogP contribution >= 0.6 is 0 Å². The molecule has 2 bridgehead atoms. The molecule has 2 fully saturated rings. The Morgan fingerprint density at radius 2 is 1.75 bits per heavy atom. The van der Waals surface area contributed by atoms with Gasteiger partial charge in [-0.15, -0.1) is 0 Å². The SMILES string of the molecule is CC(C)(C)c1ccc(C(=O)NNC(=O)C[C@H]2C[C@@H]3CC[C@@H]2C3)cc1. The maximum absolute atomic E-state index is 12.1. The van der Waals surface area contributed by atoms with E-state index in [1.54, 1.807) is 12.1 Å². The number of carbonyl (C=O) groups is 2. The maximum atomic E-state index is 12.1. The zero-order chi connectivity index (χ0) is 17.3. The fraction of sp³-hybridized carbons (Fsp3) is 0.600. The highest BCUT2D eigenvalue weighted by atomic mass is 16.2. The van der Waals surface area contributed by atoms with Crippen LogP contribution in [0.4, 0.5) is 0 Å². The Labute approximate surface area is 144 Å². The molecule has 24 heavy (non-hydrogen) atoms. The summed E-state index contributed by atoms with van der Waals surface area (Å²) in [6.45, 7) is 6.41. The van der Waals surface area contributed by atoms with Gasteiger partial charge in [0.2, 0.25) is 5.91 Å². The summed E-state index contributed by atoms with van der Waals surface area (Å²) < 4.78 is 0. The van der Waals surface area contributed by atoms with Crippen LogP contribution < -0.4 is 10.9 Å². The Hall–Kier alpha value is -1.84. The van der Waals surface area contributed by atoms with Crippen LogP contribution in [0.1, 0.15) is 68.8 Å². The van der Waals surface area contributed by atoms with Gasteiger partial charge in [0, 0.05) is 12.0 Å². The van der Waals surface area contributed by atoms with E-state index in [0.29, 0.717) is 17.9 Å². The minimum absolute atomic E-state index is 0.0594. The van der Waals surface area contributed by atoms with Crippen LogP contribution in [0, 0.1) is 17.8 Å². The Morgan fingerprint density at radius 3 is 2.29 bits per heavy atom. The van der Waals surface area contributed by atoms with Crippen LogP contribution in [-0.2, 0) is 10.2 Å². The molecule has 2 saturated carbocycles. The first-order chi connectivity index (χ1) is 11.3. The van der Waals surface area contributed by atoms with Crippen molar-refractivity contribution < 1.29 is 9.59 Å². The summed E-state index contributed by atoms with van der Waals surface area (Å²) in [5.74, 6) is 1.72. The van der Waals surface area contributed by atoms with E-state index < -0.39 is 0 Å². The van der Waals surface area contributed by atoms with Crippen LogP contribution in [-0.4, -0.2) is 11.8 Å². The third-order valence-electron chi connectivity index (χ3n) is 5.66. The molecule has 2 aliphatic rings. The Kier molecular flexibility index (Phi) is 4.66. The van der Waals surface area contributed by atoms with Gasteiger partial charge in [-0.3, -0.25) is 20.4 Å². The van der Waals surface area contributed by atoms with E-state index in [4.69, 9.17) is 0 Å². The number of amides is 2. The van der Waals surface area contributed by atoms with Crippen molar-refractivity contribution in [1.29, 1.82) is 0 Å². The second-order valence-corrected chi connectivity index (χ2v) is 8.47. The van der Waals surface area contributed by atoms with Crippen molar-refractivity contribution in [2.45, 2.75) is 58.3 Å². The lowest BCUT2D eigenvalue weighted by atomic mass is 9.86. The van der Waals surface area contributed by atoms with E-state index in [0.717, 1.165) is 11.8 Å². The minimum Gasteiger partial charge on any atom is -0.273 e. The molecule has 1 aromatic carbocycles. The first-order valence-electron chi connectivity index (χ1n) is 9.02. The highest BCUT2D eigenvalue weighted by Crippen LogP contribution is 2.49. The average molecular weight is 328 g/mol. The molecule has 2 aliphatic carbocycles. The summed E-state index contributed by atoms with van der Waals surface area (Å²) in [6.07, 6.45) is 5.62. The zero-order valence-electron chi connectivity index (χ0n) is 14.9. The number of benzene rings is 1. The standard InChI is InChI=1S/C20H28N2O2/c1-20(2,3)17-8-6-14(7-9-17)19(24)22-21-18(23)12-16-11-13-4-5-15(16)10-13/h6-9,13,15-16H,4-5,10-12H2,1-3H3,(H,21,23)(H,22,24)/t13-,15-,16-/m1/s1. The van der Waals surface area contributed by atoms with Gasteiger partial charge in [-0.25, -0.2) is 0 Å². The molecule has 130 valence electrons.